The van der Waals surface area contributed by atoms with E-state index in [0.717, 1.165) is 50.5 Å². The number of benzene rings is 2. The van der Waals surface area contributed by atoms with Crippen LogP contribution in [-0.4, -0.2) is 57.6 Å². The van der Waals surface area contributed by atoms with Crippen LogP contribution in [0.4, 0.5) is 0 Å². The lowest BCUT2D eigenvalue weighted by Crippen LogP contribution is -3.00. The van der Waals surface area contributed by atoms with Crippen molar-refractivity contribution in [1.82, 2.24) is 0 Å². The van der Waals surface area contributed by atoms with E-state index < -0.39 is 0 Å². The minimum Gasteiger partial charge on any atom is -1.00 e. The van der Waals surface area contributed by atoms with Crippen molar-refractivity contribution in [2.75, 3.05) is 53.1 Å². The van der Waals surface area contributed by atoms with Gasteiger partial charge in [0.05, 0.1) is 33.5 Å². The van der Waals surface area contributed by atoms with Crippen molar-refractivity contribution in [2.24, 2.45) is 0 Å². The lowest BCUT2D eigenvalue weighted by molar-refractivity contribution is -0.917. The molecule has 2 aromatic rings. The number of likely N-dealkylation sites (N-methyl/N-ethyl adjacent to an activating group) is 1. The maximum atomic E-state index is 6.12. The summed E-state index contributed by atoms with van der Waals surface area (Å²) in [6.45, 7) is 6.49. The van der Waals surface area contributed by atoms with Crippen molar-refractivity contribution in [3.05, 3.63) is 71.8 Å². The van der Waals surface area contributed by atoms with Crippen LogP contribution < -0.4 is 24.0 Å². The molecule has 0 aliphatic carbocycles. The number of quaternary nitrogens is 1. The molecule has 2 aromatic carbocycles. The van der Waals surface area contributed by atoms with E-state index in [0.29, 0.717) is 5.92 Å². The van der Waals surface area contributed by atoms with Crippen LogP contribution in [0.25, 0.3) is 0 Å². The Balaban J connectivity index is 0.00000225. The fraction of sp³-hybridized carbons (Fsp3) is 0.429. The number of hydrogen-bond acceptors (Lipinski definition) is 2. The SMILES string of the molecule is C[N+]1(CCOCC(c2ccccc2)c2ccccc2)CCOCC1.[I-]. The number of ether oxygens (including phenoxy) is 2. The smallest absolute Gasteiger partial charge is 0.102 e. The monoisotopic (exact) mass is 453 g/mol. The summed E-state index contributed by atoms with van der Waals surface area (Å²) in [5, 5.41) is 0. The minimum atomic E-state index is 0. The Bertz CT molecular complexity index is 560. The van der Waals surface area contributed by atoms with E-state index in [1.165, 1.54) is 11.1 Å². The zero-order valence-corrected chi connectivity index (χ0v) is 17.1. The van der Waals surface area contributed by atoms with Gasteiger partial charge in [0, 0.05) is 5.92 Å². The van der Waals surface area contributed by atoms with Gasteiger partial charge in [0.2, 0.25) is 0 Å². The molecule has 1 aliphatic heterocycles. The van der Waals surface area contributed by atoms with Gasteiger partial charge in [0.1, 0.15) is 19.6 Å². The highest BCUT2D eigenvalue weighted by Crippen LogP contribution is 2.24. The van der Waals surface area contributed by atoms with E-state index in [1.807, 2.05) is 0 Å². The fourth-order valence-corrected chi connectivity index (χ4v) is 3.25. The van der Waals surface area contributed by atoms with E-state index in [4.69, 9.17) is 9.47 Å². The molecule has 0 radical (unpaired) electrons. The Morgan fingerprint density at radius 3 is 1.96 bits per heavy atom. The van der Waals surface area contributed by atoms with Crippen LogP contribution >= 0.6 is 0 Å². The summed E-state index contributed by atoms with van der Waals surface area (Å²) >= 11 is 0. The van der Waals surface area contributed by atoms with Crippen molar-refractivity contribution in [3.63, 3.8) is 0 Å². The molecule has 136 valence electrons. The molecule has 0 aromatic heterocycles. The average Bonchev–Trinajstić information content (AvgIpc) is 2.64. The molecule has 0 N–H and O–H groups in total. The van der Waals surface area contributed by atoms with E-state index in [-0.39, 0.29) is 24.0 Å². The van der Waals surface area contributed by atoms with Gasteiger partial charge in [-0.1, -0.05) is 60.7 Å². The molecule has 1 aliphatic rings. The molecule has 0 spiro atoms. The molecule has 0 atom stereocenters. The van der Waals surface area contributed by atoms with Gasteiger partial charge >= 0.3 is 0 Å². The number of morpholine rings is 1. The van der Waals surface area contributed by atoms with E-state index in [9.17, 15) is 0 Å². The highest BCUT2D eigenvalue weighted by molar-refractivity contribution is 5.32. The van der Waals surface area contributed by atoms with Crippen LogP contribution in [0, 0.1) is 0 Å². The number of rotatable bonds is 7. The molecule has 25 heavy (non-hydrogen) atoms. The zero-order valence-electron chi connectivity index (χ0n) is 14.9. The summed E-state index contributed by atoms with van der Waals surface area (Å²) in [6.07, 6.45) is 0. The van der Waals surface area contributed by atoms with Crippen molar-refractivity contribution >= 4 is 0 Å². The van der Waals surface area contributed by atoms with Gasteiger partial charge < -0.3 is 37.9 Å². The summed E-state index contributed by atoms with van der Waals surface area (Å²) in [4.78, 5) is 0. The topological polar surface area (TPSA) is 18.5 Å². The third-order valence-corrected chi connectivity index (χ3v) is 5.01. The zero-order chi connectivity index (χ0) is 16.7. The summed E-state index contributed by atoms with van der Waals surface area (Å²) in [5.74, 6) is 0.294. The normalized spacial score (nSPS) is 16.4. The van der Waals surface area contributed by atoms with Crippen LogP contribution in [0.1, 0.15) is 17.0 Å². The van der Waals surface area contributed by atoms with Gasteiger partial charge in [0.15, 0.2) is 0 Å². The molecular formula is C21H28INO2. The van der Waals surface area contributed by atoms with Gasteiger partial charge in [-0.2, -0.15) is 0 Å². The molecule has 0 bridgehead atoms. The number of hydrogen-bond donors (Lipinski definition) is 0. The highest BCUT2D eigenvalue weighted by atomic mass is 127. The summed E-state index contributed by atoms with van der Waals surface area (Å²) in [7, 11) is 2.30. The highest BCUT2D eigenvalue weighted by Gasteiger charge is 2.25. The maximum absolute atomic E-state index is 6.12. The number of nitrogens with zero attached hydrogens (tertiary/aromatic N) is 1. The molecule has 3 nitrogen and oxygen atoms in total. The van der Waals surface area contributed by atoms with Crippen LogP contribution in [-0.2, 0) is 9.47 Å². The molecule has 1 saturated heterocycles. The molecule has 0 saturated carbocycles. The summed E-state index contributed by atoms with van der Waals surface area (Å²) in [6, 6.07) is 21.3. The van der Waals surface area contributed by atoms with Crippen molar-refractivity contribution in [3.8, 4) is 0 Å². The van der Waals surface area contributed by atoms with Crippen molar-refractivity contribution in [1.29, 1.82) is 0 Å². The molecular weight excluding hydrogens is 425 g/mol. The van der Waals surface area contributed by atoms with E-state index in [1.54, 1.807) is 0 Å². The maximum Gasteiger partial charge on any atom is 0.102 e. The predicted octanol–water partition coefficient (Wildman–Crippen LogP) is 0.316. The van der Waals surface area contributed by atoms with E-state index >= 15 is 0 Å². The Kier molecular flexibility index (Phi) is 8.36. The second-order valence-corrected chi connectivity index (χ2v) is 6.85. The second kappa shape index (κ2) is 10.3. The van der Waals surface area contributed by atoms with Crippen LogP contribution in [0.2, 0.25) is 0 Å². The predicted molar refractivity (Wildman–Crippen MR) is 97.2 cm³/mol. The first-order chi connectivity index (χ1) is 11.8. The first kappa shape index (κ1) is 20.4. The van der Waals surface area contributed by atoms with Crippen molar-refractivity contribution < 1.29 is 37.9 Å². The Morgan fingerprint density at radius 2 is 1.44 bits per heavy atom. The first-order valence-corrected chi connectivity index (χ1v) is 8.86. The van der Waals surface area contributed by atoms with Crippen LogP contribution in [0.5, 0.6) is 0 Å². The summed E-state index contributed by atoms with van der Waals surface area (Å²) < 4.78 is 12.6. The standard InChI is InChI=1S/C21H28NO2.HI/c1-22(12-15-23-16-13-22)14-17-24-18-21(19-8-4-2-5-9-19)20-10-6-3-7-11-20;/h2-11,21H,12-18H2,1H3;1H/q+1;/p-1. The van der Waals surface area contributed by atoms with E-state index in [2.05, 4.69) is 67.7 Å². The van der Waals surface area contributed by atoms with Crippen LogP contribution in [0.3, 0.4) is 0 Å². The first-order valence-electron chi connectivity index (χ1n) is 8.86. The third kappa shape index (κ3) is 6.06. The van der Waals surface area contributed by atoms with Crippen molar-refractivity contribution in [2.45, 2.75) is 5.92 Å². The second-order valence-electron chi connectivity index (χ2n) is 6.85. The Labute approximate surface area is 168 Å². The lowest BCUT2D eigenvalue weighted by Gasteiger charge is -2.37. The quantitative estimate of drug-likeness (QED) is 0.342. The Morgan fingerprint density at radius 1 is 0.920 bits per heavy atom. The molecule has 0 unspecified atom stereocenters. The van der Waals surface area contributed by atoms with Gasteiger partial charge in [-0.05, 0) is 11.1 Å². The molecule has 0 amide bonds. The molecule has 4 heteroatoms. The molecule has 1 heterocycles. The minimum absolute atomic E-state index is 0. The van der Waals surface area contributed by atoms with Crippen LogP contribution in [0.15, 0.2) is 60.7 Å². The van der Waals surface area contributed by atoms with Gasteiger partial charge in [-0.25, -0.2) is 0 Å². The fourth-order valence-electron chi connectivity index (χ4n) is 3.25. The molecule has 3 rings (SSSR count). The van der Waals surface area contributed by atoms with Gasteiger partial charge in [0.25, 0.3) is 0 Å². The van der Waals surface area contributed by atoms with Gasteiger partial charge in [-0.3, -0.25) is 0 Å². The average molecular weight is 453 g/mol. The largest absolute Gasteiger partial charge is 1.00 e. The lowest BCUT2D eigenvalue weighted by atomic mass is 9.92. The Hall–Kier alpha value is -0.950. The summed E-state index contributed by atoms with van der Waals surface area (Å²) in [5.41, 5.74) is 2.63. The third-order valence-electron chi connectivity index (χ3n) is 5.01. The number of halogens is 1. The van der Waals surface area contributed by atoms with Gasteiger partial charge in [-0.15, -0.1) is 0 Å². The molecule has 1 fully saturated rings.